The molecule has 0 spiro atoms. The molecule has 712 valence electrons. The normalized spacial score (nSPS) is 12.1. The number of allylic oxidation sites excluding steroid dienone is 24. The Kier molecular flexibility index (Phi) is 191. The fraction of sp³-hybridized carbons (Fsp3) is 0.750. The maximum Gasteiger partial charge on any atom is 1.00 e. The van der Waals surface area contributed by atoms with Gasteiger partial charge in [0.2, 0.25) is 0 Å². The molecule has 0 aromatic heterocycles. The smallest absolute Gasteiger partial charge is 1.00 e. The SMILES string of the molecule is CCC[C-]=C(CCC)/C(CCC)=C(CCC)\C(CCC)=C(\CCC)C(=[C-]CCC)CCC.CCC[C-]=C(CCC)/C(CCC)=C(CCC)\C(CCC)=C(\CCC)C(=[C-]CCC)CCC.CCC[C-]=C(CCC)C(=[C-]CCC)CCC.CCC[C-]=C(CCC)C(=[C-]CCC)CCC.[Cl-].[Cl-].[Cl-].[Cl-].[Cu+].[Cu+].[Cu+].[Cu+].[Cu+].[Cu+].[Cu+].[Cu+].[Cu+].[Cu+].[Cu+].[Cu+]. The molecule has 0 bridgehead atoms. The minimum absolute atomic E-state index is 0. The molecule has 0 aliphatic heterocycles. The maximum absolute atomic E-state index is 3.86. The molecule has 0 unspecified atom stereocenters. The molecular formula is C96H168Cl4Cu12. The van der Waals surface area contributed by atoms with E-state index in [0.29, 0.717) is 0 Å². The monoisotopic (exact) mass is 2220 g/mol. The largest absolute Gasteiger partial charge is 1.00 e. The van der Waals surface area contributed by atoms with Crippen LogP contribution in [0, 0.1) is 48.6 Å². The van der Waals surface area contributed by atoms with Gasteiger partial charge in [-0.25, -0.2) is 22.3 Å². The Morgan fingerprint density at radius 3 is 0.304 bits per heavy atom. The van der Waals surface area contributed by atoms with Gasteiger partial charge < -0.3 is 96.2 Å². The van der Waals surface area contributed by atoms with Gasteiger partial charge in [-0.1, -0.05) is 372 Å². The summed E-state index contributed by atoms with van der Waals surface area (Å²) in [5.41, 5.74) is 25.2. The van der Waals surface area contributed by atoms with E-state index in [1.165, 1.54) is 301 Å². The zero-order valence-corrected chi connectivity index (χ0v) is 89.4. The molecule has 16 heteroatoms. The van der Waals surface area contributed by atoms with Gasteiger partial charge in [-0.3, -0.25) is 24.3 Å². The minimum Gasteiger partial charge on any atom is -1.00 e. The van der Waals surface area contributed by atoms with Crippen LogP contribution in [0.4, 0.5) is 0 Å². The molecule has 0 heterocycles. The third-order valence-corrected chi connectivity index (χ3v) is 17.1. The Hall–Kier alpha value is 4.27. The van der Waals surface area contributed by atoms with Crippen molar-refractivity contribution in [2.75, 3.05) is 0 Å². The van der Waals surface area contributed by atoms with Crippen molar-refractivity contribution in [1.29, 1.82) is 0 Å². The Balaban J connectivity index is -0.0000000556. The van der Waals surface area contributed by atoms with Crippen LogP contribution in [0.1, 0.15) is 474 Å². The number of hydrogen-bond donors (Lipinski definition) is 0. The second kappa shape index (κ2) is 128. The first-order valence-corrected chi connectivity index (χ1v) is 42.5. The Morgan fingerprint density at radius 1 is 0.116 bits per heavy atom. The summed E-state index contributed by atoms with van der Waals surface area (Å²) in [4.78, 5) is 0. The van der Waals surface area contributed by atoms with Gasteiger partial charge in [0, 0.05) is 0 Å². The Morgan fingerprint density at radius 2 is 0.205 bits per heavy atom. The van der Waals surface area contributed by atoms with E-state index in [1.54, 1.807) is 44.6 Å². The van der Waals surface area contributed by atoms with Gasteiger partial charge >= 0.3 is 205 Å². The van der Waals surface area contributed by atoms with E-state index < -0.39 is 0 Å². The van der Waals surface area contributed by atoms with Crippen LogP contribution in [0.15, 0.2) is 89.2 Å². The molecular weight excluding hydrogens is 2060 g/mol. The first-order valence-electron chi connectivity index (χ1n) is 42.5. The van der Waals surface area contributed by atoms with Crippen LogP contribution in [0.3, 0.4) is 0 Å². The summed E-state index contributed by atoms with van der Waals surface area (Å²) in [5.74, 6) is 0. The second-order valence-corrected chi connectivity index (χ2v) is 27.1. The summed E-state index contributed by atoms with van der Waals surface area (Å²) in [5, 5.41) is 0. The predicted molar refractivity (Wildman–Crippen MR) is 440 cm³/mol. The Labute approximate surface area is 856 Å². The van der Waals surface area contributed by atoms with Crippen molar-refractivity contribution >= 4 is 0 Å². The summed E-state index contributed by atoms with van der Waals surface area (Å²) < 4.78 is 0. The van der Waals surface area contributed by atoms with Crippen LogP contribution in [-0.4, -0.2) is 0 Å². The third kappa shape index (κ3) is 83.8. The summed E-state index contributed by atoms with van der Waals surface area (Å²) in [6.07, 6.45) is 86.4. The predicted octanol–water partition coefficient (Wildman–Crippen LogP) is 22.2. The molecule has 0 aromatic rings. The molecule has 0 atom stereocenters. The molecule has 0 aliphatic carbocycles. The quantitative estimate of drug-likeness (QED) is 0.0323. The van der Waals surface area contributed by atoms with E-state index in [9.17, 15) is 0 Å². The number of unbranched alkanes of at least 4 members (excludes halogenated alkanes) is 8. The van der Waals surface area contributed by atoms with Crippen molar-refractivity contribution in [3.05, 3.63) is 138 Å². The van der Waals surface area contributed by atoms with E-state index in [2.05, 4.69) is 215 Å². The van der Waals surface area contributed by atoms with Crippen LogP contribution in [-0.2, 0) is 205 Å². The standard InChI is InChI=1S/2C32H56.2C16H28.4ClH.12Cu/c2*1-9-17-25-27(19-11-3)29(21-13-5)31(23-15-7)32(24-16-8)30(22-14-6)28(20-12-4)26-18-10-2;2*1-5-9-13-15(11-7-3)16(12-8-4)14-10-6-2;;;;;;;;;;;;;;;;/h2*9-24H2,1-8H3;2*5-12H2,1-4H3;4*1H;;;;;;;;;;;;/q4*-2;;;;;12*+1/p-4/b2*31-29-,32-30-;;;;;;;;;;;;;;;;;;. The first kappa shape index (κ1) is 167. The van der Waals surface area contributed by atoms with Crippen molar-refractivity contribution in [3.63, 3.8) is 0 Å². The van der Waals surface area contributed by atoms with Gasteiger partial charge in [0.25, 0.3) is 0 Å². The van der Waals surface area contributed by atoms with Crippen LogP contribution in [0.2, 0.25) is 0 Å². The van der Waals surface area contributed by atoms with E-state index in [0.717, 1.165) is 51.4 Å². The minimum atomic E-state index is 0. The molecule has 0 amide bonds. The van der Waals surface area contributed by atoms with E-state index in [1.807, 2.05) is 0 Å². The van der Waals surface area contributed by atoms with Gasteiger partial charge in [-0.2, -0.15) is 22.3 Å². The number of hydrogen-bond acceptors (Lipinski definition) is 0. The van der Waals surface area contributed by atoms with Crippen LogP contribution < -0.4 is 49.6 Å². The summed E-state index contributed by atoms with van der Waals surface area (Å²) in [7, 11) is 0. The number of rotatable bonds is 56. The van der Waals surface area contributed by atoms with E-state index in [4.69, 9.17) is 0 Å². The fourth-order valence-electron chi connectivity index (χ4n) is 12.8. The summed E-state index contributed by atoms with van der Waals surface area (Å²) in [6, 6.07) is 0. The van der Waals surface area contributed by atoms with Crippen molar-refractivity contribution < 1.29 is 254 Å². The van der Waals surface area contributed by atoms with Gasteiger partial charge in [0.05, 0.1) is 0 Å². The van der Waals surface area contributed by atoms with Gasteiger partial charge in [0.1, 0.15) is 0 Å². The Bertz CT molecular complexity index is 1960. The molecule has 112 heavy (non-hydrogen) atoms. The van der Waals surface area contributed by atoms with E-state index in [-0.39, 0.29) is 254 Å². The maximum atomic E-state index is 3.86. The van der Waals surface area contributed by atoms with Crippen molar-refractivity contribution in [2.45, 2.75) is 474 Å². The van der Waals surface area contributed by atoms with Crippen LogP contribution in [0.25, 0.3) is 0 Å². The van der Waals surface area contributed by atoms with Crippen molar-refractivity contribution in [3.8, 4) is 0 Å². The molecule has 0 radical (unpaired) electrons. The first-order chi connectivity index (χ1) is 46.8. The van der Waals surface area contributed by atoms with Gasteiger partial charge in [-0.05, 0) is 25.7 Å². The topological polar surface area (TPSA) is 0 Å². The molecule has 0 aromatic carbocycles. The van der Waals surface area contributed by atoms with E-state index >= 15 is 0 Å². The van der Waals surface area contributed by atoms with Crippen LogP contribution in [0.5, 0.6) is 0 Å². The average Bonchev–Trinajstić information content (AvgIpc) is 0.823. The second-order valence-electron chi connectivity index (χ2n) is 27.1. The molecule has 0 rings (SSSR count). The summed E-state index contributed by atoms with van der Waals surface area (Å²) >= 11 is 0. The van der Waals surface area contributed by atoms with Crippen molar-refractivity contribution in [2.24, 2.45) is 0 Å². The zero-order chi connectivity index (χ0) is 72.8. The molecule has 0 N–H and O–H groups in total. The average molecular weight is 2230 g/mol. The molecule has 0 saturated carbocycles. The number of halogens is 4. The summed E-state index contributed by atoms with van der Waals surface area (Å²) in [6.45, 7) is 55.1. The molecule has 0 saturated heterocycles. The molecule has 0 aliphatic rings. The molecule has 0 fully saturated rings. The van der Waals surface area contributed by atoms with Gasteiger partial charge in [0.15, 0.2) is 0 Å². The van der Waals surface area contributed by atoms with Crippen LogP contribution >= 0.6 is 0 Å². The zero-order valence-electron chi connectivity index (χ0n) is 75.1. The van der Waals surface area contributed by atoms with Gasteiger partial charge in [-0.15, -0.1) is 99.3 Å². The fourth-order valence-corrected chi connectivity index (χ4v) is 12.8. The third-order valence-electron chi connectivity index (χ3n) is 17.1. The molecule has 0 nitrogen and oxygen atoms in total. The van der Waals surface area contributed by atoms with Crippen molar-refractivity contribution in [1.82, 2.24) is 0 Å².